The van der Waals surface area contributed by atoms with Crippen molar-refractivity contribution < 1.29 is 28.6 Å². The van der Waals surface area contributed by atoms with Gasteiger partial charge >= 0.3 is 0 Å². The van der Waals surface area contributed by atoms with Gasteiger partial charge in [-0.1, -0.05) is 12.5 Å². The van der Waals surface area contributed by atoms with E-state index < -0.39 is 29.0 Å². The number of nitrogens with zero attached hydrogens (tertiary/aromatic N) is 1. The van der Waals surface area contributed by atoms with Crippen LogP contribution >= 0.6 is 0 Å². The van der Waals surface area contributed by atoms with Gasteiger partial charge in [-0.05, 0) is 56.4 Å². The van der Waals surface area contributed by atoms with E-state index in [0.29, 0.717) is 18.4 Å². The van der Waals surface area contributed by atoms with E-state index in [-0.39, 0.29) is 48.1 Å². The average molecular weight is 455 g/mol. The van der Waals surface area contributed by atoms with Gasteiger partial charge in [0.15, 0.2) is 0 Å². The lowest BCUT2D eigenvalue weighted by atomic mass is 9.88. The van der Waals surface area contributed by atoms with Gasteiger partial charge in [-0.15, -0.1) is 0 Å². The van der Waals surface area contributed by atoms with Gasteiger partial charge < -0.3 is 20.5 Å². The Labute approximate surface area is 191 Å². The number of hydrogen-bond acceptors (Lipinski definition) is 6. The molecule has 0 aromatic heterocycles. The van der Waals surface area contributed by atoms with Crippen LogP contribution in [0.15, 0.2) is 40.5 Å². The van der Waals surface area contributed by atoms with Crippen LogP contribution in [0.2, 0.25) is 0 Å². The molecule has 1 aromatic carbocycles. The van der Waals surface area contributed by atoms with Gasteiger partial charge in [0.1, 0.15) is 17.4 Å². The summed E-state index contributed by atoms with van der Waals surface area (Å²) in [5, 5.41) is 23.8. The summed E-state index contributed by atoms with van der Waals surface area (Å²) in [6.07, 6.45) is 1.11. The Morgan fingerprint density at radius 1 is 1.30 bits per heavy atom. The largest absolute Gasteiger partial charge is 0.394 e. The fourth-order valence-electron chi connectivity index (χ4n) is 4.14. The lowest BCUT2D eigenvalue weighted by molar-refractivity contribution is -0.146. The Morgan fingerprint density at radius 2 is 2.00 bits per heavy atom. The summed E-state index contributed by atoms with van der Waals surface area (Å²) in [5.41, 5.74) is 0.723. The number of Topliss-reactive ketones (excluding diaryl/α,β-unsaturated/α-hetero) is 1. The predicted molar refractivity (Wildman–Crippen MR) is 117 cm³/mol. The van der Waals surface area contributed by atoms with Crippen molar-refractivity contribution >= 4 is 23.3 Å². The molecule has 1 atom stereocenters. The quantitative estimate of drug-likeness (QED) is 0.564. The Hall–Kier alpha value is -3.35. The van der Waals surface area contributed by atoms with Crippen molar-refractivity contribution in [3.8, 4) is 6.07 Å². The number of allylic oxidation sites excluding steroid dienone is 1. The standard InChI is InChI=1S/C24H26FN3O5/c1-13-4-5-14(2)20(22(31)27-17-6-7-18(25)16(8-17)9-26)15(3)19(13)21(30)23(32)28-24(10-29)11-33-12-24/h6-8,13,29H,4-5,10-12H2,1-3H3,(H,27,31)(H,28,32). The van der Waals surface area contributed by atoms with E-state index in [4.69, 9.17) is 10.00 Å². The first-order chi connectivity index (χ1) is 15.6. The molecule has 0 radical (unpaired) electrons. The van der Waals surface area contributed by atoms with Gasteiger partial charge in [0.2, 0.25) is 5.78 Å². The number of aliphatic hydroxyl groups is 1. The number of nitrogens with one attached hydrogen (secondary N) is 2. The Balaban J connectivity index is 1.91. The van der Waals surface area contributed by atoms with Gasteiger partial charge in [-0.25, -0.2) is 4.39 Å². The number of nitriles is 1. The number of carbonyl (C=O) groups excluding carboxylic acids is 3. The van der Waals surface area contributed by atoms with Crippen LogP contribution in [-0.4, -0.2) is 48.1 Å². The zero-order valence-corrected chi connectivity index (χ0v) is 18.8. The van der Waals surface area contributed by atoms with E-state index in [2.05, 4.69) is 10.6 Å². The van der Waals surface area contributed by atoms with Crippen molar-refractivity contribution in [1.29, 1.82) is 5.26 Å². The first-order valence-corrected chi connectivity index (χ1v) is 10.6. The summed E-state index contributed by atoms with van der Waals surface area (Å²) in [6.45, 7) is 5.12. The molecule has 9 heteroatoms. The van der Waals surface area contributed by atoms with Gasteiger partial charge in [0, 0.05) is 16.8 Å². The molecule has 1 aliphatic carbocycles. The van der Waals surface area contributed by atoms with E-state index in [9.17, 15) is 23.9 Å². The summed E-state index contributed by atoms with van der Waals surface area (Å²) in [6, 6.07) is 5.39. The van der Waals surface area contributed by atoms with E-state index in [1.54, 1.807) is 19.9 Å². The number of halogens is 1. The minimum absolute atomic E-state index is 0.116. The third kappa shape index (κ3) is 4.87. The Morgan fingerprint density at radius 3 is 2.58 bits per heavy atom. The molecule has 33 heavy (non-hydrogen) atoms. The molecule has 1 aliphatic heterocycles. The van der Waals surface area contributed by atoms with Crippen molar-refractivity contribution in [1.82, 2.24) is 5.32 Å². The Kier molecular flexibility index (Phi) is 7.10. The number of hydrogen-bond donors (Lipinski definition) is 3. The number of ketones is 1. The molecule has 0 saturated carbocycles. The number of rotatable bonds is 6. The fraction of sp³-hybridized carbons (Fsp3) is 0.417. The van der Waals surface area contributed by atoms with Crippen LogP contribution in [0.25, 0.3) is 0 Å². The second-order valence-corrected chi connectivity index (χ2v) is 8.61. The minimum atomic E-state index is -0.970. The van der Waals surface area contributed by atoms with Crippen molar-refractivity contribution in [2.75, 3.05) is 25.1 Å². The molecule has 1 heterocycles. The molecule has 8 nitrogen and oxygen atoms in total. The first kappa shape index (κ1) is 24.3. The van der Waals surface area contributed by atoms with Crippen molar-refractivity contribution in [2.24, 2.45) is 5.92 Å². The lowest BCUT2D eigenvalue weighted by Gasteiger charge is -2.40. The average Bonchev–Trinajstić information content (AvgIpc) is 2.86. The molecular weight excluding hydrogens is 429 g/mol. The molecular formula is C24H26FN3O5. The topological polar surface area (TPSA) is 129 Å². The summed E-state index contributed by atoms with van der Waals surface area (Å²) in [7, 11) is 0. The maximum Gasteiger partial charge on any atom is 0.292 e. The summed E-state index contributed by atoms with van der Waals surface area (Å²) in [4.78, 5) is 39.0. The van der Waals surface area contributed by atoms with Crippen LogP contribution in [0.4, 0.5) is 10.1 Å². The van der Waals surface area contributed by atoms with Gasteiger partial charge in [0.25, 0.3) is 11.8 Å². The molecule has 1 unspecified atom stereocenters. The molecule has 0 bridgehead atoms. The summed E-state index contributed by atoms with van der Waals surface area (Å²) in [5.74, 6) is -3.10. The fourth-order valence-corrected chi connectivity index (χ4v) is 4.14. The molecule has 2 aliphatic rings. The molecule has 1 fully saturated rings. The van der Waals surface area contributed by atoms with Crippen LogP contribution in [0.3, 0.4) is 0 Å². The third-order valence-electron chi connectivity index (χ3n) is 6.11. The number of aliphatic hydroxyl groups excluding tert-OH is 1. The van der Waals surface area contributed by atoms with Crippen LogP contribution in [0.1, 0.15) is 39.2 Å². The van der Waals surface area contributed by atoms with Crippen LogP contribution < -0.4 is 10.6 Å². The minimum Gasteiger partial charge on any atom is -0.394 e. The SMILES string of the molecule is CC1=C(C(=O)Nc2ccc(F)c(C#N)c2)C(C)=C(C(=O)C(=O)NC2(CO)COC2)C(C)CC1. The smallest absolute Gasteiger partial charge is 0.292 e. The molecule has 2 amide bonds. The number of ether oxygens (including phenoxy) is 1. The highest BCUT2D eigenvalue weighted by Gasteiger charge is 2.42. The highest BCUT2D eigenvalue weighted by atomic mass is 19.1. The summed E-state index contributed by atoms with van der Waals surface area (Å²) < 4.78 is 18.7. The maximum atomic E-state index is 13.6. The molecule has 1 aromatic rings. The van der Waals surface area contributed by atoms with Crippen molar-refractivity contribution in [2.45, 2.75) is 39.2 Å². The molecule has 1 saturated heterocycles. The molecule has 3 rings (SSSR count). The summed E-state index contributed by atoms with van der Waals surface area (Å²) >= 11 is 0. The highest BCUT2D eigenvalue weighted by Crippen LogP contribution is 2.34. The van der Waals surface area contributed by atoms with Crippen LogP contribution in [-0.2, 0) is 19.1 Å². The molecule has 174 valence electrons. The number of amides is 2. The monoisotopic (exact) mass is 455 g/mol. The molecule has 0 spiro atoms. The zero-order chi connectivity index (χ0) is 24.3. The van der Waals surface area contributed by atoms with Gasteiger partial charge in [-0.2, -0.15) is 5.26 Å². The van der Waals surface area contributed by atoms with Crippen LogP contribution in [0.5, 0.6) is 0 Å². The number of carbonyl (C=O) groups is 3. The second kappa shape index (κ2) is 9.65. The van der Waals surface area contributed by atoms with Crippen LogP contribution in [0, 0.1) is 23.1 Å². The Bertz CT molecular complexity index is 1110. The first-order valence-electron chi connectivity index (χ1n) is 10.6. The molecule has 3 N–H and O–H groups in total. The second-order valence-electron chi connectivity index (χ2n) is 8.61. The lowest BCUT2D eigenvalue weighted by Crippen LogP contribution is -2.65. The van der Waals surface area contributed by atoms with Gasteiger partial charge in [0.05, 0.1) is 25.4 Å². The van der Waals surface area contributed by atoms with Crippen molar-refractivity contribution in [3.05, 3.63) is 51.9 Å². The van der Waals surface area contributed by atoms with E-state index in [1.165, 1.54) is 12.1 Å². The normalized spacial score (nSPS) is 19.8. The number of benzene rings is 1. The van der Waals surface area contributed by atoms with E-state index >= 15 is 0 Å². The number of anilines is 1. The van der Waals surface area contributed by atoms with E-state index in [1.807, 2.05) is 6.92 Å². The van der Waals surface area contributed by atoms with Gasteiger partial charge in [-0.3, -0.25) is 14.4 Å². The highest BCUT2D eigenvalue weighted by molar-refractivity contribution is 6.43. The maximum absolute atomic E-state index is 13.6. The van der Waals surface area contributed by atoms with E-state index in [0.717, 1.165) is 11.6 Å². The third-order valence-corrected chi connectivity index (χ3v) is 6.11. The predicted octanol–water partition coefficient (Wildman–Crippen LogP) is 2.15. The zero-order valence-electron chi connectivity index (χ0n) is 18.8. The van der Waals surface area contributed by atoms with Crippen molar-refractivity contribution in [3.63, 3.8) is 0 Å².